The Balaban J connectivity index is 1.59. The Morgan fingerprint density at radius 1 is 0.970 bits per heavy atom. The molecule has 0 bridgehead atoms. The molecule has 8 nitrogen and oxygen atoms in total. The van der Waals surface area contributed by atoms with E-state index in [2.05, 4.69) is 5.32 Å². The minimum atomic E-state index is -0.799. The number of hydrogen-bond acceptors (Lipinski definition) is 5. The van der Waals surface area contributed by atoms with Gasteiger partial charge in [-0.3, -0.25) is 14.4 Å². The minimum absolute atomic E-state index is 0.0139. The van der Waals surface area contributed by atoms with Gasteiger partial charge >= 0.3 is 0 Å². The Kier molecular flexibility index (Phi) is 6.63. The second-order valence-electron chi connectivity index (χ2n) is 7.98. The predicted octanol–water partition coefficient (Wildman–Crippen LogP) is 3.49. The van der Waals surface area contributed by atoms with Crippen molar-refractivity contribution in [2.24, 2.45) is 0 Å². The molecule has 0 saturated carbocycles. The van der Waals surface area contributed by atoms with Gasteiger partial charge in [-0.1, -0.05) is 18.2 Å². The first-order chi connectivity index (χ1) is 16.0. The number of nitrogens with zero attached hydrogens (tertiary/aromatic N) is 2. The minimum Gasteiger partial charge on any atom is -0.497 e. The maximum Gasteiger partial charge on any atom is 0.296 e. The van der Waals surface area contributed by atoms with Crippen LogP contribution in [0.25, 0.3) is 10.9 Å². The Morgan fingerprint density at radius 3 is 2.45 bits per heavy atom. The maximum atomic E-state index is 13.1. The summed E-state index contributed by atoms with van der Waals surface area (Å²) in [6, 6.07) is 12.2. The van der Waals surface area contributed by atoms with E-state index in [4.69, 9.17) is 9.47 Å². The fourth-order valence-electron chi connectivity index (χ4n) is 4.16. The van der Waals surface area contributed by atoms with E-state index in [0.29, 0.717) is 22.6 Å². The number of piperidine rings is 1. The fourth-order valence-corrected chi connectivity index (χ4v) is 4.16. The van der Waals surface area contributed by atoms with Crippen LogP contribution in [0.5, 0.6) is 11.5 Å². The number of nitrogens with one attached hydrogen (secondary N) is 1. The number of rotatable bonds is 7. The molecule has 2 heterocycles. The second-order valence-corrected chi connectivity index (χ2v) is 7.98. The molecule has 1 N–H and O–H groups in total. The van der Waals surface area contributed by atoms with Gasteiger partial charge in [-0.15, -0.1) is 0 Å². The number of Topliss-reactive ketones (excluding diaryl/α,β-unsaturated/α-hetero) is 1. The van der Waals surface area contributed by atoms with Gasteiger partial charge in [-0.25, -0.2) is 0 Å². The molecule has 3 aromatic rings. The van der Waals surface area contributed by atoms with E-state index in [-0.39, 0.29) is 18.0 Å². The molecule has 1 aromatic heterocycles. The highest BCUT2D eigenvalue weighted by Gasteiger charge is 2.24. The smallest absolute Gasteiger partial charge is 0.296 e. The molecule has 172 valence electrons. The highest BCUT2D eigenvalue weighted by atomic mass is 16.5. The van der Waals surface area contributed by atoms with Crippen molar-refractivity contribution >= 4 is 34.2 Å². The number of carbonyl (C=O) groups excluding carboxylic acids is 3. The van der Waals surface area contributed by atoms with Crippen LogP contribution < -0.4 is 14.8 Å². The molecule has 33 heavy (non-hydrogen) atoms. The third-order valence-electron chi connectivity index (χ3n) is 5.91. The second kappa shape index (κ2) is 9.77. The zero-order valence-electron chi connectivity index (χ0n) is 18.8. The predicted molar refractivity (Wildman–Crippen MR) is 125 cm³/mol. The summed E-state index contributed by atoms with van der Waals surface area (Å²) in [5, 5.41) is 3.25. The summed E-state index contributed by atoms with van der Waals surface area (Å²) in [5.74, 6) is -0.551. The van der Waals surface area contributed by atoms with Gasteiger partial charge in [0.25, 0.3) is 11.7 Å². The molecule has 0 radical (unpaired) electrons. The van der Waals surface area contributed by atoms with Gasteiger partial charge in [0.2, 0.25) is 5.91 Å². The van der Waals surface area contributed by atoms with Crippen molar-refractivity contribution in [3.05, 3.63) is 54.2 Å². The normalized spacial score (nSPS) is 13.6. The number of anilines is 1. The molecule has 2 aromatic carbocycles. The molecule has 4 rings (SSSR count). The molecule has 0 atom stereocenters. The van der Waals surface area contributed by atoms with E-state index in [0.717, 1.165) is 37.9 Å². The number of carbonyl (C=O) groups is 3. The van der Waals surface area contributed by atoms with Crippen LogP contribution in [0.1, 0.15) is 29.6 Å². The summed E-state index contributed by atoms with van der Waals surface area (Å²) >= 11 is 0. The first-order valence-electron chi connectivity index (χ1n) is 10.9. The number of amides is 2. The van der Waals surface area contributed by atoms with Gasteiger partial charge in [0.1, 0.15) is 18.0 Å². The average molecular weight is 450 g/mol. The van der Waals surface area contributed by atoms with Crippen LogP contribution in [0.2, 0.25) is 0 Å². The van der Waals surface area contributed by atoms with Crippen LogP contribution in [0.15, 0.2) is 48.7 Å². The Bertz CT molecular complexity index is 1190. The number of hydrogen-bond donors (Lipinski definition) is 1. The molecule has 1 fully saturated rings. The average Bonchev–Trinajstić information content (AvgIpc) is 3.22. The number of ketones is 1. The molecule has 8 heteroatoms. The number of aromatic nitrogens is 1. The highest BCUT2D eigenvalue weighted by molar-refractivity contribution is 6.48. The van der Waals surface area contributed by atoms with Crippen molar-refractivity contribution in [1.29, 1.82) is 0 Å². The van der Waals surface area contributed by atoms with E-state index in [9.17, 15) is 14.4 Å². The van der Waals surface area contributed by atoms with Gasteiger partial charge in [0, 0.05) is 36.3 Å². The first kappa shape index (κ1) is 22.4. The van der Waals surface area contributed by atoms with Crippen molar-refractivity contribution in [3.63, 3.8) is 0 Å². The molecular formula is C25H27N3O5. The standard InChI is InChI=1S/C25H27N3O5/c1-32-17-10-11-22(33-2)20(14-17)26-25(31)24(30)19-15-28(21-9-5-4-8-18(19)21)16-23(29)27-12-6-3-7-13-27/h4-5,8-11,14-15H,3,6-7,12-13,16H2,1-2H3,(H,26,31). The zero-order chi connectivity index (χ0) is 23.4. The van der Waals surface area contributed by atoms with E-state index < -0.39 is 11.7 Å². The number of ether oxygens (including phenoxy) is 2. The molecule has 1 aliphatic heterocycles. The van der Waals surface area contributed by atoms with Gasteiger partial charge in [0.15, 0.2) is 0 Å². The lowest BCUT2D eigenvalue weighted by atomic mass is 10.1. The van der Waals surface area contributed by atoms with Gasteiger partial charge in [-0.2, -0.15) is 0 Å². The number of likely N-dealkylation sites (tertiary alicyclic amines) is 1. The van der Waals surface area contributed by atoms with Crippen molar-refractivity contribution in [2.45, 2.75) is 25.8 Å². The van der Waals surface area contributed by atoms with Crippen LogP contribution in [0.3, 0.4) is 0 Å². The Labute approximate surface area is 192 Å². The molecule has 0 unspecified atom stereocenters. The topological polar surface area (TPSA) is 89.9 Å². The lowest BCUT2D eigenvalue weighted by molar-refractivity contribution is -0.132. The monoisotopic (exact) mass is 449 g/mol. The summed E-state index contributed by atoms with van der Waals surface area (Å²) in [7, 11) is 2.99. The largest absolute Gasteiger partial charge is 0.497 e. The first-order valence-corrected chi connectivity index (χ1v) is 10.9. The van der Waals surface area contributed by atoms with Crippen LogP contribution in [-0.4, -0.2) is 54.4 Å². The summed E-state index contributed by atoms with van der Waals surface area (Å²) in [6.45, 7) is 1.64. The van der Waals surface area contributed by atoms with Gasteiger partial charge < -0.3 is 24.3 Å². The lowest BCUT2D eigenvalue weighted by Gasteiger charge is -2.27. The lowest BCUT2D eigenvalue weighted by Crippen LogP contribution is -2.37. The fraction of sp³-hybridized carbons (Fsp3) is 0.320. The summed E-state index contributed by atoms with van der Waals surface area (Å²) in [4.78, 5) is 40.7. The number of benzene rings is 2. The van der Waals surface area contributed by atoms with Crippen LogP contribution >= 0.6 is 0 Å². The van der Waals surface area contributed by atoms with Crippen molar-refractivity contribution in [1.82, 2.24) is 9.47 Å². The van der Waals surface area contributed by atoms with Crippen molar-refractivity contribution in [2.75, 3.05) is 32.6 Å². The van der Waals surface area contributed by atoms with E-state index >= 15 is 0 Å². The highest BCUT2D eigenvalue weighted by Crippen LogP contribution is 2.29. The van der Waals surface area contributed by atoms with Crippen LogP contribution in [0.4, 0.5) is 5.69 Å². The summed E-state index contributed by atoms with van der Waals surface area (Å²) in [6.07, 6.45) is 4.75. The molecule has 0 aliphatic carbocycles. The van der Waals surface area contributed by atoms with Crippen LogP contribution in [0, 0.1) is 0 Å². The van der Waals surface area contributed by atoms with Gasteiger partial charge in [-0.05, 0) is 37.5 Å². The van der Waals surface area contributed by atoms with Crippen LogP contribution in [-0.2, 0) is 16.1 Å². The molecule has 1 aliphatic rings. The number of methoxy groups -OCH3 is 2. The van der Waals surface area contributed by atoms with E-state index in [1.807, 2.05) is 17.0 Å². The quantitative estimate of drug-likeness (QED) is 0.441. The zero-order valence-corrected chi connectivity index (χ0v) is 18.8. The molecule has 2 amide bonds. The van der Waals surface area contributed by atoms with Crippen molar-refractivity contribution in [3.8, 4) is 11.5 Å². The third kappa shape index (κ3) is 4.69. The third-order valence-corrected chi connectivity index (χ3v) is 5.91. The van der Waals surface area contributed by atoms with Crippen molar-refractivity contribution < 1.29 is 23.9 Å². The van der Waals surface area contributed by atoms with E-state index in [1.165, 1.54) is 14.2 Å². The van der Waals surface area contributed by atoms with E-state index in [1.54, 1.807) is 41.1 Å². The Morgan fingerprint density at radius 2 is 1.73 bits per heavy atom. The molecular weight excluding hydrogens is 422 g/mol. The SMILES string of the molecule is COc1ccc(OC)c(NC(=O)C(=O)c2cn(CC(=O)N3CCCCC3)c3ccccc23)c1. The summed E-state index contributed by atoms with van der Waals surface area (Å²) in [5.41, 5.74) is 1.31. The van der Waals surface area contributed by atoms with Gasteiger partial charge in [0.05, 0.1) is 25.5 Å². The number of para-hydroxylation sites is 1. The number of fused-ring (bicyclic) bond motifs is 1. The summed E-state index contributed by atoms with van der Waals surface area (Å²) < 4.78 is 12.2. The molecule has 0 spiro atoms. The maximum absolute atomic E-state index is 13.1. The molecule has 1 saturated heterocycles. The Hall–Kier alpha value is -3.81.